The van der Waals surface area contributed by atoms with Gasteiger partial charge in [0.1, 0.15) is 22.2 Å². The number of carbonyl (C=O) groups excluding carboxylic acids is 2. The van der Waals surface area contributed by atoms with E-state index in [4.69, 9.17) is 33.2 Å². The van der Waals surface area contributed by atoms with E-state index in [9.17, 15) is 30.0 Å². The molecule has 1 spiro atoms. The van der Waals surface area contributed by atoms with Gasteiger partial charge in [-0.25, -0.2) is 4.79 Å². The topological polar surface area (TPSA) is 183 Å². The lowest BCUT2D eigenvalue weighted by atomic mass is 9.38. The normalized spacial score (nSPS) is 62.8. The lowest BCUT2D eigenvalue weighted by Crippen LogP contribution is -2.77. The SMILES string of the molecule is COC(=O)[C@H]1OC[C@]23[C@@H]1[C@](C)([C@]14O[C@@]1(C)[C@H]1C[C@@H]4O[C@@H]4OCC[C@@]41O)[C@H](O)[C@@H]1OC[C@](C(=O)OC)([C@H](O)C[C@@H]2O)[C@H]13. The number of hydrogen-bond donors (Lipinski definition) is 4. The summed E-state index contributed by atoms with van der Waals surface area (Å²) in [4.78, 5) is 26.9. The molecule has 3 aliphatic carbocycles. The number of rotatable bonds is 3. The molecular weight excluding hydrogens is 544 g/mol. The summed E-state index contributed by atoms with van der Waals surface area (Å²) < 4.78 is 41.7. The standard InChI is InChI=1S/C28H38O13/c1-23(28-14-7-11(24(28,2)41-28)27(34)5-6-37-22(27)40-14)17-16(20(32)35-3)39-9-25(17)12(29)8-13(30)26(21(33)36-4)10-38-15(18(25)26)19(23)31/h11-19,22,29-31,34H,5-10H2,1-4H3/t11-,12+,13-,14+,15-,16+,17+,18-,19-,22+,23+,24+,25-,26+,27+,28+/m1/s1. The Morgan fingerprint density at radius 2 is 1.68 bits per heavy atom. The Balaban J connectivity index is 1.35. The van der Waals surface area contributed by atoms with E-state index in [1.807, 2.05) is 6.92 Å². The molecule has 0 amide bonds. The Morgan fingerprint density at radius 3 is 2.39 bits per heavy atom. The maximum absolute atomic E-state index is 13.5. The van der Waals surface area contributed by atoms with Crippen molar-refractivity contribution in [3.8, 4) is 0 Å². The van der Waals surface area contributed by atoms with Crippen LogP contribution in [0.5, 0.6) is 0 Å². The highest BCUT2D eigenvalue weighted by atomic mass is 16.7. The van der Waals surface area contributed by atoms with Crippen LogP contribution in [-0.2, 0) is 42.7 Å². The van der Waals surface area contributed by atoms with Crippen molar-refractivity contribution >= 4 is 11.9 Å². The smallest absolute Gasteiger partial charge is 0.335 e. The first-order valence-corrected chi connectivity index (χ1v) is 14.5. The summed E-state index contributed by atoms with van der Waals surface area (Å²) in [5.41, 5.74) is -7.79. The van der Waals surface area contributed by atoms with Gasteiger partial charge in [-0.1, -0.05) is 6.92 Å². The van der Waals surface area contributed by atoms with Crippen LogP contribution in [0.3, 0.4) is 0 Å². The van der Waals surface area contributed by atoms with Crippen LogP contribution in [0.25, 0.3) is 0 Å². The largest absolute Gasteiger partial charge is 0.468 e. The van der Waals surface area contributed by atoms with Crippen LogP contribution in [0.4, 0.5) is 0 Å². The summed E-state index contributed by atoms with van der Waals surface area (Å²) in [5.74, 6) is -3.68. The van der Waals surface area contributed by atoms with Gasteiger partial charge >= 0.3 is 11.9 Å². The number of hydrogen-bond acceptors (Lipinski definition) is 13. The summed E-state index contributed by atoms with van der Waals surface area (Å²) >= 11 is 0. The highest BCUT2D eigenvalue weighted by Gasteiger charge is 2.95. The molecule has 5 saturated heterocycles. The average Bonchev–Trinajstić information content (AvgIpc) is 3.39. The molecule has 0 unspecified atom stereocenters. The number of methoxy groups -OCH3 is 2. The second-order valence-electron chi connectivity index (χ2n) is 13.9. The van der Waals surface area contributed by atoms with Crippen molar-refractivity contribution in [3.05, 3.63) is 0 Å². The Morgan fingerprint density at radius 1 is 0.927 bits per heavy atom. The van der Waals surface area contributed by atoms with Gasteiger partial charge < -0.3 is 53.6 Å². The molecule has 0 aromatic rings. The predicted molar refractivity (Wildman–Crippen MR) is 131 cm³/mol. The highest BCUT2D eigenvalue weighted by molar-refractivity contribution is 5.80. The fraction of sp³-hybridized carbons (Fsp3) is 0.929. The van der Waals surface area contributed by atoms with Gasteiger partial charge in [0.05, 0.1) is 64.6 Å². The van der Waals surface area contributed by atoms with Crippen molar-refractivity contribution < 1.29 is 63.2 Å². The minimum Gasteiger partial charge on any atom is -0.468 e. The minimum absolute atomic E-state index is 0.145. The molecule has 8 rings (SSSR count). The first-order chi connectivity index (χ1) is 19.4. The zero-order chi connectivity index (χ0) is 29.1. The number of aliphatic hydroxyl groups is 4. The van der Waals surface area contributed by atoms with Crippen LogP contribution in [0, 0.1) is 34.0 Å². The molecule has 228 valence electrons. The third-order valence-corrected chi connectivity index (χ3v) is 13.1. The molecule has 4 N–H and O–H groups in total. The maximum atomic E-state index is 13.5. The molecule has 5 aliphatic heterocycles. The van der Waals surface area contributed by atoms with E-state index in [1.165, 1.54) is 14.2 Å². The average molecular weight is 583 g/mol. The third kappa shape index (κ3) is 2.50. The van der Waals surface area contributed by atoms with Gasteiger partial charge in [0, 0.05) is 41.4 Å². The van der Waals surface area contributed by atoms with Crippen molar-refractivity contribution in [1.82, 2.24) is 0 Å². The Bertz CT molecular complexity index is 1210. The summed E-state index contributed by atoms with van der Waals surface area (Å²) in [6.07, 6.45) is -7.03. The van der Waals surface area contributed by atoms with Crippen molar-refractivity contribution in [2.75, 3.05) is 34.0 Å². The molecule has 5 heterocycles. The quantitative estimate of drug-likeness (QED) is 0.218. The van der Waals surface area contributed by atoms with E-state index in [2.05, 4.69) is 0 Å². The zero-order valence-corrected chi connectivity index (χ0v) is 23.5. The Kier molecular flexibility index (Phi) is 5.17. The van der Waals surface area contributed by atoms with Crippen LogP contribution in [-0.4, -0.2) is 126 Å². The summed E-state index contributed by atoms with van der Waals surface area (Å²) in [7, 11) is 2.46. The lowest BCUT2D eigenvalue weighted by Gasteiger charge is -2.65. The van der Waals surface area contributed by atoms with Gasteiger partial charge in [0.25, 0.3) is 0 Å². The molecule has 13 nitrogen and oxygen atoms in total. The minimum atomic E-state index is -1.60. The molecule has 8 aliphatic rings. The monoisotopic (exact) mass is 582 g/mol. The van der Waals surface area contributed by atoms with Crippen molar-refractivity contribution in [2.45, 2.75) is 92.8 Å². The van der Waals surface area contributed by atoms with Crippen molar-refractivity contribution in [1.29, 1.82) is 0 Å². The molecule has 41 heavy (non-hydrogen) atoms. The van der Waals surface area contributed by atoms with Gasteiger partial charge in [-0.15, -0.1) is 0 Å². The second-order valence-corrected chi connectivity index (χ2v) is 13.9. The van der Waals surface area contributed by atoms with E-state index in [0.29, 0.717) is 19.4 Å². The van der Waals surface area contributed by atoms with Gasteiger partial charge in [0.15, 0.2) is 12.4 Å². The van der Waals surface area contributed by atoms with Crippen molar-refractivity contribution in [2.24, 2.45) is 34.0 Å². The van der Waals surface area contributed by atoms with Crippen LogP contribution in [0.1, 0.15) is 33.1 Å². The molecule has 0 aromatic heterocycles. The molecule has 3 saturated carbocycles. The molecule has 13 heteroatoms. The van der Waals surface area contributed by atoms with Gasteiger partial charge in [-0.3, -0.25) is 4.79 Å². The molecular formula is C28H38O13. The molecule has 2 bridgehead atoms. The molecule has 0 aromatic carbocycles. The predicted octanol–water partition coefficient (Wildman–Crippen LogP) is -1.73. The number of esters is 2. The Hall–Kier alpha value is -1.42. The second kappa shape index (κ2) is 7.80. The molecule has 16 atom stereocenters. The van der Waals surface area contributed by atoms with Crippen LogP contribution in [0.2, 0.25) is 0 Å². The van der Waals surface area contributed by atoms with E-state index in [-0.39, 0.29) is 25.6 Å². The number of aliphatic hydroxyl groups excluding tert-OH is 3. The summed E-state index contributed by atoms with van der Waals surface area (Å²) in [6, 6.07) is 0. The number of epoxide rings is 1. The van der Waals surface area contributed by atoms with Gasteiger partial charge in [-0.2, -0.15) is 0 Å². The highest BCUT2D eigenvalue weighted by Crippen LogP contribution is 2.82. The fourth-order valence-electron chi connectivity index (χ4n) is 11.6. The van der Waals surface area contributed by atoms with E-state index >= 15 is 0 Å². The van der Waals surface area contributed by atoms with Gasteiger partial charge in [0.2, 0.25) is 0 Å². The van der Waals surface area contributed by atoms with E-state index in [0.717, 1.165) is 0 Å². The van der Waals surface area contributed by atoms with Crippen LogP contribution in [0.15, 0.2) is 0 Å². The van der Waals surface area contributed by atoms with Crippen LogP contribution < -0.4 is 0 Å². The van der Waals surface area contributed by atoms with Crippen molar-refractivity contribution in [3.63, 3.8) is 0 Å². The summed E-state index contributed by atoms with van der Waals surface area (Å²) in [6.45, 7) is 3.67. The van der Waals surface area contributed by atoms with E-state index in [1.54, 1.807) is 6.92 Å². The number of fused-ring (bicyclic) bond motifs is 7. The first-order valence-electron chi connectivity index (χ1n) is 14.5. The first kappa shape index (κ1) is 27.2. The zero-order valence-electron chi connectivity index (χ0n) is 23.5. The van der Waals surface area contributed by atoms with Crippen LogP contribution >= 0.6 is 0 Å². The molecule has 8 fully saturated rings. The summed E-state index contributed by atoms with van der Waals surface area (Å²) in [5, 5.41) is 47.5. The van der Waals surface area contributed by atoms with E-state index < -0.39 is 99.7 Å². The Labute approximate surface area is 236 Å². The lowest BCUT2D eigenvalue weighted by molar-refractivity contribution is -0.299. The third-order valence-electron chi connectivity index (χ3n) is 13.1. The number of carbonyl (C=O) groups is 2. The molecule has 0 radical (unpaired) electrons. The number of ether oxygens (including phenoxy) is 7. The van der Waals surface area contributed by atoms with Gasteiger partial charge in [-0.05, 0) is 13.3 Å². The fourth-order valence-corrected chi connectivity index (χ4v) is 11.6. The maximum Gasteiger partial charge on any atom is 0.335 e.